The van der Waals surface area contributed by atoms with Gasteiger partial charge in [0.25, 0.3) is 5.91 Å². The molecule has 2 aromatic rings. The number of carbonyl (C=O) groups excluding carboxylic acids is 1. The van der Waals surface area contributed by atoms with Crippen LogP contribution in [0.5, 0.6) is 0 Å². The summed E-state index contributed by atoms with van der Waals surface area (Å²) in [6, 6.07) is 7.86. The topological polar surface area (TPSA) is 46.9 Å². The fourth-order valence-electron chi connectivity index (χ4n) is 2.24. The molecule has 0 radical (unpaired) electrons. The Morgan fingerprint density at radius 2 is 2.00 bits per heavy atom. The molecule has 0 saturated heterocycles. The third kappa shape index (κ3) is 2.52. The number of hydrogen-bond acceptors (Lipinski definition) is 2. The number of carbonyl (C=O) groups is 1. The summed E-state index contributed by atoms with van der Waals surface area (Å²) in [7, 11) is 1.85. The largest absolute Gasteiger partial charge is 0.322 e. The molecule has 0 bridgehead atoms. The second kappa shape index (κ2) is 5.26. The number of nitrogens with one attached hydrogen (secondary N) is 1. The van der Waals surface area contributed by atoms with Crippen LogP contribution in [0.25, 0.3) is 0 Å². The van der Waals surface area contributed by atoms with Crippen LogP contribution in [0.4, 0.5) is 5.69 Å². The van der Waals surface area contributed by atoms with E-state index in [9.17, 15) is 4.79 Å². The summed E-state index contributed by atoms with van der Waals surface area (Å²) in [5, 5.41) is 7.25. The van der Waals surface area contributed by atoms with E-state index in [0.717, 1.165) is 29.1 Å². The van der Waals surface area contributed by atoms with Gasteiger partial charge in [-0.1, -0.05) is 25.1 Å². The van der Waals surface area contributed by atoms with Crippen LogP contribution in [0.15, 0.2) is 24.3 Å². The minimum absolute atomic E-state index is 0.0935. The van der Waals surface area contributed by atoms with Gasteiger partial charge in [-0.15, -0.1) is 0 Å². The van der Waals surface area contributed by atoms with Gasteiger partial charge in [0, 0.05) is 18.4 Å². The molecular formula is C15H19N3O. The van der Waals surface area contributed by atoms with E-state index < -0.39 is 0 Å². The maximum Gasteiger partial charge on any atom is 0.259 e. The first-order valence-electron chi connectivity index (χ1n) is 6.44. The maximum atomic E-state index is 12.4. The molecule has 0 unspecified atom stereocenters. The van der Waals surface area contributed by atoms with E-state index in [-0.39, 0.29) is 5.91 Å². The SMILES string of the molecule is CCc1ccccc1NC(=O)c1c(C)nn(C)c1C. The van der Waals surface area contributed by atoms with E-state index in [1.54, 1.807) is 4.68 Å². The highest BCUT2D eigenvalue weighted by Gasteiger charge is 2.17. The van der Waals surface area contributed by atoms with Crippen molar-refractivity contribution >= 4 is 11.6 Å². The molecule has 4 heteroatoms. The highest BCUT2D eigenvalue weighted by atomic mass is 16.1. The van der Waals surface area contributed by atoms with Crippen LogP contribution in [0, 0.1) is 13.8 Å². The molecule has 0 atom stereocenters. The van der Waals surface area contributed by atoms with Gasteiger partial charge < -0.3 is 5.32 Å². The Morgan fingerprint density at radius 1 is 1.32 bits per heavy atom. The molecule has 0 saturated carbocycles. The zero-order chi connectivity index (χ0) is 14.0. The first-order chi connectivity index (χ1) is 9.04. The summed E-state index contributed by atoms with van der Waals surface area (Å²) in [6.45, 7) is 5.83. The lowest BCUT2D eigenvalue weighted by molar-refractivity contribution is 0.102. The van der Waals surface area contributed by atoms with Crippen molar-refractivity contribution in [3.63, 3.8) is 0 Å². The number of hydrogen-bond donors (Lipinski definition) is 1. The van der Waals surface area contributed by atoms with Crippen molar-refractivity contribution in [2.45, 2.75) is 27.2 Å². The Labute approximate surface area is 113 Å². The third-order valence-electron chi connectivity index (χ3n) is 3.38. The van der Waals surface area contributed by atoms with Crippen LogP contribution < -0.4 is 5.32 Å². The van der Waals surface area contributed by atoms with Crippen LogP contribution >= 0.6 is 0 Å². The minimum atomic E-state index is -0.0935. The smallest absolute Gasteiger partial charge is 0.259 e. The summed E-state index contributed by atoms with van der Waals surface area (Å²) in [4.78, 5) is 12.4. The van der Waals surface area contributed by atoms with Crippen molar-refractivity contribution in [1.82, 2.24) is 9.78 Å². The van der Waals surface area contributed by atoms with E-state index in [4.69, 9.17) is 0 Å². The highest BCUT2D eigenvalue weighted by Crippen LogP contribution is 2.19. The van der Waals surface area contributed by atoms with Crippen molar-refractivity contribution in [3.05, 3.63) is 46.8 Å². The maximum absolute atomic E-state index is 12.4. The van der Waals surface area contributed by atoms with Crippen LogP contribution in [0.2, 0.25) is 0 Å². The molecule has 0 spiro atoms. The van der Waals surface area contributed by atoms with Gasteiger partial charge in [0.05, 0.1) is 11.3 Å². The lowest BCUT2D eigenvalue weighted by Crippen LogP contribution is -2.15. The normalized spacial score (nSPS) is 10.5. The quantitative estimate of drug-likeness (QED) is 0.919. The predicted octanol–water partition coefficient (Wildman–Crippen LogP) is 2.85. The van der Waals surface area contributed by atoms with Gasteiger partial charge in [0.2, 0.25) is 0 Å². The molecule has 2 rings (SSSR count). The first-order valence-corrected chi connectivity index (χ1v) is 6.44. The van der Waals surface area contributed by atoms with Gasteiger partial charge in [0.15, 0.2) is 0 Å². The monoisotopic (exact) mass is 257 g/mol. The Kier molecular flexibility index (Phi) is 3.69. The molecule has 1 aromatic heterocycles. The molecule has 19 heavy (non-hydrogen) atoms. The molecule has 1 amide bonds. The van der Waals surface area contributed by atoms with E-state index in [1.807, 2.05) is 45.2 Å². The van der Waals surface area contributed by atoms with Gasteiger partial charge in [-0.3, -0.25) is 9.48 Å². The Morgan fingerprint density at radius 3 is 2.58 bits per heavy atom. The van der Waals surface area contributed by atoms with Crippen LogP contribution in [0.3, 0.4) is 0 Å². The molecule has 4 nitrogen and oxygen atoms in total. The third-order valence-corrected chi connectivity index (χ3v) is 3.38. The number of anilines is 1. The van der Waals surface area contributed by atoms with Crippen molar-refractivity contribution in [2.75, 3.05) is 5.32 Å². The number of amides is 1. The minimum Gasteiger partial charge on any atom is -0.322 e. The zero-order valence-corrected chi connectivity index (χ0v) is 11.8. The van der Waals surface area contributed by atoms with E-state index in [2.05, 4.69) is 17.3 Å². The summed E-state index contributed by atoms with van der Waals surface area (Å²) in [5.41, 5.74) is 4.30. The molecule has 100 valence electrons. The van der Waals surface area contributed by atoms with Crippen LogP contribution in [-0.2, 0) is 13.5 Å². The highest BCUT2D eigenvalue weighted by molar-refractivity contribution is 6.06. The van der Waals surface area contributed by atoms with Crippen molar-refractivity contribution in [1.29, 1.82) is 0 Å². The molecule has 1 aromatic carbocycles. The second-order valence-corrected chi connectivity index (χ2v) is 4.63. The van der Waals surface area contributed by atoms with Gasteiger partial charge in [-0.25, -0.2) is 0 Å². The van der Waals surface area contributed by atoms with Gasteiger partial charge in [0.1, 0.15) is 0 Å². The van der Waals surface area contributed by atoms with Crippen LogP contribution in [-0.4, -0.2) is 15.7 Å². The Hall–Kier alpha value is -2.10. The molecule has 0 aliphatic rings. The molecule has 1 N–H and O–H groups in total. The molecule has 0 aliphatic heterocycles. The number of benzene rings is 1. The number of nitrogens with zero attached hydrogens (tertiary/aromatic N) is 2. The van der Waals surface area contributed by atoms with E-state index >= 15 is 0 Å². The van der Waals surface area contributed by atoms with Crippen molar-refractivity contribution < 1.29 is 4.79 Å². The number of aromatic nitrogens is 2. The van der Waals surface area contributed by atoms with Gasteiger partial charge in [-0.2, -0.15) is 5.10 Å². The molecule has 0 fully saturated rings. The fourth-order valence-corrected chi connectivity index (χ4v) is 2.24. The van der Waals surface area contributed by atoms with E-state index in [0.29, 0.717) is 5.56 Å². The number of rotatable bonds is 3. The lowest BCUT2D eigenvalue weighted by Gasteiger charge is -2.09. The lowest BCUT2D eigenvalue weighted by atomic mass is 10.1. The summed E-state index contributed by atoms with van der Waals surface area (Å²) in [6.07, 6.45) is 0.890. The van der Waals surface area contributed by atoms with Crippen molar-refractivity contribution in [2.24, 2.45) is 7.05 Å². The fraction of sp³-hybridized carbons (Fsp3) is 0.333. The first kappa shape index (κ1) is 13.3. The summed E-state index contributed by atoms with van der Waals surface area (Å²) < 4.78 is 1.73. The van der Waals surface area contributed by atoms with Crippen LogP contribution in [0.1, 0.15) is 34.2 Å². The average Bonchev–Trinajstić information content (AvgIpc) is 2.64. The average molecular weight is 257 g/mol. The summed E-state index contributed by atoms with van der Waals surface area (Å²) in [5.74, 6) is -0.0935. The number of aryl methyl sites for hydroxylation is 3. The molecule has 1 heterocycles. The second-order valence-electron chi connectivity index (χ2n) is 4.63. The zero-order valence-electron chi connectivity index (χ0n) is 11.8. The molecule has 0 aliphatic carbocycles. The predicted molar refractivity (Wildman–Crippen MR) is 76.5 cm³/mol. The summed E-state index contributed by atoms with van der Waals surface area (Å²) >= 11 is 0. The standard InChI is InChI=1S/C15H19N3O/c1-5-12-8-6-7-9-13(12)16-15(19)14-10(2)17-18(4)11(14)3/h6-9H,5H2,1-4H3,(H,16,19). The van der Waals surface area contributed by atoms with Gasteiger partial charge >= 0.3 is 0 Å². The number of para-hydroxylation sites is 1. The molecular weight excluding hydrogens is 238 g/mol. The van der Waals surface area contributed by atoms with Gasteiger partial charge in [-0.05, 0) is 31.9 Å². The van der Waals surface area contributed by atoms with E-state index in [1.165, 1.54) is 0 Å². The van der Waals surface area contributed by atoms with Crippen molar-refractivity contribution in [3.8, 4) is 0 Å². The Bertz CT molecular complexity index is 614. The Balaban J connectivity index is 2.31.